The average Bonchev–Trinajstić information content (AvgIpc) is 2.19. The third kappa shape index (κ3) is 3.17. The maximum atomic E-state index is 10.4. The molecule has 0 aliphatic rings. The Labute approximate surface area is 90.9 Å². The SMILES string of the molecule is CCCc1ccc(C(C)(O)CC=O)cc1. The van der Waals surface area contributed by atoms with Crippen LogP contribution in [0.5, 0.6) is 0 Å². The molecule has 0 amide bonds. The van der Waals surface area contributed by atoms with E-state index in [4.69, 9.17) is 0 Å². The van der Waals surface area contributed by atoms with E-state index in [1.165, 1.54) is 5.56 Å². The van der Waals surface area contributed by atoms with Crippen molar-refractivity contribution in [2.24, 2.45) is 0 Å². The molecule has 1 N–H and O–H groups in total. The molecule has 0 aliphatic carbocycles. The zero-order valence-corrected chi connectivity index (χ0v) is 9.36. The molecule has 0 bridgehead atoms. The van der Waals surface area contributed by atoms with Crippen LogP contribution in [0.15, 0.2) is 24.3 Å². The largest absolute Gasteiger partial charge is 0.385 e. The molecule has 2 nitrogen and oxygen atoms in total. The van der Waals surface area contributed by atoms with Crippen molar-refractivity contribution in [3.63, 3.8) is 0 Å². The maximum absolute atomic E-state index is 10.4. The van der Waals surface area contributed by atoms with Gasteiger partial charge < -0.3 is 9.90 Å². The smallest absolute Gasteiger partial charge is 0.123 e. The lowest BCUT2D eigenvalue weighted by Crippen LogP contribution is -2.21. The Hall–Kier alpha value is -1.15. The second kappa shape index (κ2) is 5.08. The van der Waals surface area contributed by atoms with Gasteiger partial charge in [-0.05, 0) is 24.5 Å². The van der Waals surface area contributed by atoms with Crippen molar-refractivity contribution in [2.75, 3.05) is 0 Å². The summed E-state index contributed by atoms with van der Waals surface area (Å²) in [5, 5.41) is 9.98. The third-order valence-electron chi connectivity index (χ3n) is 2.60. The van der Waals surface area contributed by atoms with Crippen molar-refractivity contribution in [2.45, 2.75) is 38.7 Å². The lowest BCUT2D eigenvalue weighted by Gasteiger charge is -2.21. The molecule has 0 saturated heterocycles. The van der Waals surface area contributed by atoms with Crippen LogP contribution in [-0.4, -0.2) is 11.4 Å². The van der Waals surface area contributed by atoms with Gasteiger partial charge in [0.25, 0.3) is 0 Å². The van der Waals surface area contributed by atoms with Crippen LogP contribution in [0.1, 0.15) is 37.8 Å². The molecule has 2 heteroatoms. The number of hydrogen-bond donors (Lipinski definition) is 1. The van der Waals surface area contributed by atoms with Crippen LogP contribution >= 0.6 is 0 Å². The van der Waals surface area contributed by atoms with Crippen molar-refractivity contribution in [1.82, 2.24) is 0 Å². The van der Waals surface area contributed by atoms with E-state index in [1.54, 1.807) is 6.92 Å². The van der Waals surface area contributed by atoms with Crippen molar-refractivity contribution in [3.8, 4) is 0 Å². The normalized spacial score (nSPS) is 14.6. The summed E-state index contributed by atoms with van der Waals surface area (Å²) in [6.45, 7) is 3.80. The number of rotatable bonds is 5. The second-order valence-corrected chi connectivity index (χ2v) is 4.09. The van der Waals surface area contributed by atoms with Gasteiger partial charge in [0.1, 0.15) is 6.29 Å². The summed E-state index contributed by atoms with van der Waals surface area (Å²) in [5.74, 6) is 0. The summed E-state index contributed by atoms with van der Waals surface area (Å²) >= 11 is 0. The Kier molecular flexibility index (Phi) is 4.04. The Morgan fingerprint density at radius 2 is 1.93 bits per heavy atom. The molecule has 82 valence electrons. The molecule has 1 atom stereocenters. The fourth-order valence-corrected chi connectivity index (χ4v) is 1.60. The summed E-state index contributed by atoms with van der Waals surface area (Å²) in [7, 11) is 0. The molecule has 0 fully saturated rings. The molecular weight excluding hydrogens is 188 g/mol. The van der Waals surface area contributed by atoms with Gasteiger partial charge in [-0.2, -0.15) is 0 Å². The number of aryl methyl sites for hydroxylation is 1. The van der Waals surface area contributed by atoms with Gasteiger partial charge in [-0.1, -0.05) is 37.6 Å². The number of carbonyl (C=O) groups is 1. The lowest BCUT2D eigenvalue weighted by atomic mass is 9.92. The Balaban J connectivity index is 2.83. The summed E-state index contributed by atoms with van der Waals surface area (Å²) in [5.41, 5.74) is 1.03. The first-order valence-corrected chi connectivity index (χ1v) is 5.35. The van der Waals surface area contributed by atoms with Gasteiger partial charge in [0.05, 0.1) is 5.60 Å². The van der Waals surface area contributed by atoms with Crippen LogP contribution in [-0.2, 0) is 16.8 Å². The van der Waals surface area contributed by atoms with E-state index in [2.05, 4.69) is 6.92 Å². The summed E-state index contributed by atoms with van der Waals surface area (Å²) in [6, 6.07) is 7.82. The van der Waals surface area contributed by atoms with Crippen LogP contribution in [0.2, 0.25) is 0 Å². The van der Waals surface area contributed by atoms with Crippen LogP contribution in [0.25, 0.3) is 0 Å². The third-order valence-corrected chi connectivity index (χ3v) is 2.60. The zero-order chi connectivity index (χ0) is 11.3. The van der Waals surface area contributed by atoms with Gasteiger partial charge in [-0.15, -0.1) is 0 Å². The molecule has 0 aliphatic heterocycles. The minimum Gasteiger partial charge on any atom is -0.385 e. The molecule has 1 unspecified atom stereocenters. The number of aldehydes is 1. The van der Waals surface area contributed by atoms with Gasteiger partial charge in [-0.3, -0.25) is 0 Å². The molecular formula is C13H18O2. The Morgan fingerprint density at radius 3 is 2.40 bits per heavy atom. The van der Waals surface area contributed by atoms with E-state index >= 15 is 0 Å². The minimum absolute atomic E-state index is 0.139. The summed E-state index contributed by atoms with van der Waals surface area (Å²) in [4.78, 5) is 10.4. The first-order chi connectivity index (χ1) is 7.10. The second-order valence-electron chi connectivity index (χ2n) is 4.09. The van der Waals surface area contributed by atoms with Gasteiger partial charge >= 0.3 is 0 Å². The van der Waals surface area contributed by atoms with E-state index in [0.717, 1.165) is 24.7 Å². The highest BCUT2D eigenvalue weighted by Crippen LogP contribution is 2.23. The lowest BCUT2D eigenvalue weighted by molar-refractivity contribution is -0.112. The number of benzene rings is 1. The number of carbonyl (C=O) groups excluding carboxylic acids is 1. The standard InChI is InChI=1S/C13H18O2/c1-3-4-11-5-7-12(8-6-11)13(2,15)9-10-14/h5-8,10,15H,3-4,9H2,1-2H3. The predicted octanol–water partition coefficient (Wildman–Crippen LogP) is 2.44. The van der Waals surface area contributed by atoms with Crippen molar-refractivity contribution in [1.29, 1.82) is 0 Å². The molecule has 0 heterocycles. The van der Waals surface area contributed by atoms with E-state index in [9.17, 15) is 9.90 Å². The minimum atomic E-state index is -1.04. The van der Waals surface area contributed by atoms with Crippen LogP contribution in [0.3, 0.4) is 0 Å². The Morgan fingerprint density at radius 1 is 1.33 bits per heavy atom. The van der Waals surface area contributed by atoms with Gasteiger partial charge in [0, 0.05) is 6.42 Å². The van der Waals surface area contributed by atoms with Crippen LogP contribution in [0, 0.1) is 0 Å². The van der Waals surface area contributed by atoms with E-state index in [-0.39, 0.29) is 6.42 Å². The van der Waals surface area contributed by atoms with Gasteiger partial charge in [-0.25, -0.2) is 0 Å². The van der Waals surface area contributed by atoms with Crippen LogP contribution in [0.4, 0.5) is 0 Å². The molecule has 0 saturated carbocycles. The molecule has 1 rings (SSSR count). The summed E-state index contributed by atoms with van der Waals surface area (Å²) < 4.78 is 0. The van der Waals surface area contributed by atoms with Gasteiger partial charge in [0.2, 0.25) is 0 Å². The van der Waals surface area contributed by atoms with Gasteiger partial charge in [0.15, 0.2) is 0 Å². The fraction of sp³-hybridized carbons (Fsp3) is 0.462. The molecule has 0 radical (unpaired) electrons. The average molecular weight is 206 g/mol. The van der Waals surface area contributed by atoms with Crippen LogP contribution < -0.4 is 0 Å². The van der Waals surface area contributed by atoms with E-state index < -0.39 is 5.60 Å². The fourth-order valence-electron chi connectivity index (χ4n) is 1.60. The maximum Gasteiger partial charge on any atom is 0.123 e. The number of hydrogen-bond acceptors (Lipinski definition) is 2. The monoisotopic (exact) mass is 206 g/mol. The predicted molar refractivity (Wildman–Crippen MR) is 60.7 cm³/mol. The molecule has 1 aromatic rings. The highest BCUT2D eigenvalue weighted by molar-refractivity contribution is 5.52. The molecule has 15 heavy (non-hydrogen) atoms. The molecule has 0 aromatic heterocycles. The quantitative estimate of drug-likeness (QED) is 0.751. The highest BCUT2D eigenvalue weighted by atomic mass is 16.3. The van der Waals surface area contributed by atoms with E-state index in [0.29, 0.717) is 0 Å². The molecule has 0 spiro atoms. The summed E-state index contributed by atoms with van der Waals surface area (Å²) in [6.07, 6.45) is 3.06. The van der Waals surface area contributed by atoms with Crippen molar-refractivity contribution in [3.05, 3.63) is 35.4 Å². The highest BCUT2D eigenvalue weighted by Gasteiger charge is 2.21. The number of aliphatic hydroxyl groups is 1. The first kappa shape index (κ1) is 11.9. The first-order valence-electron chi connectivity index (χ1n) is 5.35. The molecule has 1 aromatic carbocycles. The van der Waals surface area contributed by atoms with Crippen molar-refractivity contribution >= 4 is 6.29 Å². The van der Waals surface area contributed by atoms with E-state index in [1.807, 2.05) is 24.3 Å². The Bertz CT molecular complexity index is 312. The van der Waals surface area contributed by atoms with Crippen molar-refractivity contribution < 1.29 is 9.90 Å². The topological polar surface area (TPSA) is 37.3 Å². The zero-order valence-electron chi connectivity index (χ0n) is 9.36.